The highest BCUT2D eigenvalue weighted by atomic mass is 16.6. The number of alkyl carbamates (subject to hydrolysis) is 1. The number of ether oxygens (including phenoxy) is 1. The van der Waals surface area contributed by atoms with E-state index < -0.39 is 6.09 Å². The van der Waals surface area contributed by atoms with Crippen molar-refractivity contribution in [3.63, 3.8) is 0 Å². The zero-order valence-corrected chi connectivity index (χ0v) is 21.0. The van der Waals surface area contributed by atoms with Crippen LogP contribution in [0.15, 0.2) is 35.1 Å². The number of nitrogens with zero attached hydrogens (tertiary/aromatic N) is 5. The monoisotopic (exact) mass is 476 g/mol. The van der Waals surface area contributed by atoms with Gasteiger partial charge in [-0.1, -0.05) is 19.1 Å². The van der Waals surface area contributed by atoms with Gasteiger partial charge >= 0.3 is 11.8 Å². The van der Waals surface area contributed by atoms with Gasteiger partial charge < -0.3 is 15.0 Å². The molecule has 3 heterocycles. The summed E-state index contributed by atoms with van der Waals surface area (Å²) < 4.78 is 8.85. The van der Waals surface area contributed by atoms with E-state index in [1.54, 1.807) is 29.8 Å². The molecule has 0 bridgehead atoms. The topological polar surface area (TPSA) is 105 Å². The van der Waals surface area contributed by atoms with Crippen LogP contribution >= 0.6 is 0 Å². The minimum atomic E-state index is -0.432. The van der Waals surface area contributed by atoms with Gasteiger partial charge in [0.1, 0.15) is 17.7 Å². The van der Waals surface area contributed by atoms with Gasteiger partial charge in [-0.25, -0.2) is 14.6 Å². The van der Waals surface area contributed by atoms with Gasteiger partial charge in [0, 0.05) is 24.8 Å². The summed E-state index contributed by atoms with van der Waals surface area (Å²) in [6.45, 7) is 9.02. The number of hydrogen-bond donors (Lipinski definition) is 1. The number of imidazole rings is 1. The lowest BCUT2D eigenvalue weighted by atomic mass is 10.1. The molecular formula is C26H32N6O3. The van der Waals surface area contributed by atoms with Crippen molar-refractivity contribution in [1.29, 1.82) is 5.26 Å². The largest absolute Gasteiger partial charge is 0.444 e. The summed E-state index contributed by atoms with van der Waals surface area (Å²) in [4.78, 5) is 32.7. The molecule has 1 saturated heterocycles. The van der Waals surface area contributed by atoms with Gasteiger partial charge in [-0.2, -0.15) is 5.26 Å². The average Bonchev–Trinajstić information content (AvgIpc) is 3.07. The normalized spacial score (nSPS) is 16.2. The Bertz CT molecular complexity index is 1360. The van der Waals surface area contributed by atoms with Crippen molar-refractivity contribution in [2.45, 2.75) is 58.6 Å². The second-order valence-electron chi connectivity index (χ2n) is 9.96. The number of carbonyl (C=O) groups excluding carboxylic acids is 1. The van der Waals surface area contributed by atoms with Crippen LogP contribution in [-0.4, -0.2) is 44.9 Å². The number of pyridine rings is 1. The van der Waals surface area contributed by atoms with Crippen LogP contribution in [0.1, 0.15) is 51.8 Å². The van der Waals surface area contributed by atoms with Crippen molar-refractivity contribution < 1.29 is 9.53 Å². The predicted molar refractivity (Wildman–Crippen MR) is 135 cm³/mol. The molecule has 1 aliphatic rings. The van der Waals surface area contributed by atoms with E-state index in [-0.39, 0.29) is 17.3 Å². The molecule has 0 spiro atoms. The molecule has 1 aliphatic heterocycles. The van der Waals surface area contributed by atoms with Crippen LogP contribution in [0.2, 0.25) is 0 Å². The molecule has 184 valence electrons. The van der Waals surface area contributed by atoms with Crippen LogP contribution in [0.5, 0.6) is 0 Å². The Morgan fingerprint density at radius 2 is 2.03 bits per heavy atom. The lowest BCUT2D eigenvalue weighted by Gasteiger charge is -2.35. The smallest absolute Gasteiger partial charge is 0.407 e. The minimum Gasteiger partial charge on any atom is -0.444 e. The number of fused-ring (bicyclic) bond motifs is 1. The number of aryl methyl sites for hydroxylation is 2. The maximum absolute atomic E-state index is 13.4. The number of piperidine rings is 1. The molecule has 4 rings (SSSR count). The van der Waals surface area contributed by atoms with Crippen molar-refractivity contribution >= 4 is 22.9 Å². The summed E-state index contributed by atoms with van der Waals surface area (Å²) in [7, 11) is 1.70. The Labute approximate surface area is 204 Å². The second-order valence-corrected chi connectivity index (χ2v) is 9.96. The molecule has 0 radical (unpaired) electrons. The van der Waals surface area contributed by atoms with E-state index in [4.69, 9.17) is 9.72 Å². The Hall–Kier alpha value is -3.80. The maximum Gasteiger partial charge on any atom is 0.407 e. The molecule has 9 nitrogen and oxygen atoms in total. The third-order valence-corrected chi connectivity index (χ3v) is 6.12. The molecule has 1 N–H and O–H groups in total. The molecule has 1 aromatic carbocycles. The lowest BCUT2D eigenvalue weighted by Crippen LogP contribution is -2.46. The van der Waals surface area contributed by atoms with Crippen LogP contribution in [0.25, 0.3) is 16.9 Å². The highest BCUT2D eigenvalue weighted by molar-refractivity contribution is 5.89. The van der Waals surface area contributed by atoms with E-state index in [0.717, 1.165) is 30.8 Å². The van der Waals surface area contributed by atoms with E-state index in [0.29, 0.717) is 35.4 Å². The number of nitriles is 1. The second kappa shape index (κ2) is 9.45. The Morgan fingerprint density at radius 1 is 1.29 bits per heavy atom. The van der Waals surface area contributed by atoms with Gasteiger partial charge in [0.15, 0.2) is 5.65 Å². The van der Waals surface area contributed by atoms with E-state index in [1.165, 1.54) is 4.57 Å². The molecule has 1 amide bonds. The quantitative estimate of drug-likeness (QED) is 0.616. The van der Waals surface area contributed by atoms with Gasteiger partial charge in [-0.15, -0.1) is 0 Å². The third kappa shape index (κ3) is 4.87. The summed E-state index contributed by atoms with van der Waals surface area (Å²) in [6.07, 6.45) is 1.60. The molecule has 0 saturated carbocycles. The number of anilines is 1. The summed E-state index contributed by atoms with van der Waals surface area (Å²) in [5.74, 6) is 0. The molecule has 1 unspecified atom stereocenters. The van der Waals surface area contributed by atoms with Crippen LogP contribution in [0.4, 0.5) is 10.5 Å². The zero-order valence-electron chi connectivity index (χ0n) is 21.0. The predicted octanol–water partition coefficient (Wildman–Crippen LogP) is 3.65. The van der Waals surface area contributed by atoms with Crippen LogP contribution in [-0.2, 0) is 18.2 Å². The molecule has 35 heavy (non-hydrogen) atoms. The summed E-state index contributed by atoms with van der Waals surface area (Å²) in [6, 6.07) is 11.3. The van der Waals surface area contributed by atoms with E-state index in [9.17, 15) is 14.9 Å². The van der Waals surface area contributed by atoms with Gasteiger partial charge in [0.2, 0.25) is 0 Å². The highest BCUT2D eigenvalue weighted by Gasteiger charge is 2.29. The first kappa shape index (κ1) is 24.3. The standard InChI is InChI=1S/C26H32N6O3/c1-6-18-14-21(31-13-9-11-19(16-31)35-24(33)29-26(2,3)4)22-23(28-18)30(5)25(34)32(22)20-12-8-7-10-17(20)15-27/h7-8,10,12,14,19H,6,9,11,13,16H2,1-5H3,(H,29,33). The Balaban J connectivity index is 1.81. The SMILES string of the molecule is CCc1cc(N2CCCC(OC(=O)NC(C)(C)C)C2)c2c(n1)n(C)c(=O)n2-c1ccccc1C#N. The number of aromatic nitrogens is 3. The Morgan fingerprint density at radius 3 is 2.71 bits per heavy atom. The number of nitrogens with one attached hydrogen (secondary N) is 1. The van der Waals surface area contributed by atoms with Crippen LogP contribution in [0, 0.1) is 11.3 Å². The molecule has 9 heteroatoms. The highest BCUT2D eigenvalue weighted by Crippen LogP contribution is 2.32. The number of benzene rings is 1. The average molecular weight is 477 g/mol. The summed E-state index contributed by atoms with van der Waals surface area (Å²) >= 11 is 0. The fourth-order valence-electron chi connectivity index (χ4n) is 4.50. The minimum absolute atomic E-state index is 0.265. The first-order valence-electron chi connectivity index (χ1n) is 12.0. The van der Waals surface area contributed by atoms with Crippen LogP contribution < -0.4 is 15.9 Å². The van der Waals surface area contributed by atoms with Gasteiger partial charge in [-0.05, 0) is 58.2 Å². The third-order valence-electron chi connectivity index (χ3n) is 6.12. The molecule has 0 aliphatic carbocycles. The fraction of sp³-hybridized carbons (Fsp3) is 0.462. The molecule has 1 atom stereocenters. The fourth-order valence-corrected chi connectivity index (χ4v) is 4.50. The van der Waals surface area contributed by atoms with Gasteiger partial charge in [-0.3, -0.25) is 9.13 Å². The number of hydrogen-bond acceptors (Lipinski definition) is 6. The summed E-state index contributed by atoms with van der Waals surface area (Å²) in [5, 5.41) is 12.6. The zero-order chi connectivity index (χ0) is 25.3. The van der Waals surface area contributed by atoms with Gasteiger partial charge in [0.05, 0.1) is 23.5 Å². The molecular weight excluding hydrogens is 444 g/mol. The number of para-hydroxylation sites is 1. The number of carbonyl (C=O) groups is 1. The van der Waals surface area contributed by atoms with Crippen molar-refractivity contribution in [2.24, 2.45) is 7.05 Å². The van der Waals surface area contributed by atoms with Gasteiger partial charge in [0.25, 0.3) is 0 Å². The first-order valence-corrected chi connectivity index (χ1v) is 12.0. The molecule has 2 aromatic heterocycles. The maximum atomic E-state index is 13.4. The first-order chi connectivity index (χ1) is 16.6. The van der Waals surface area contributed by atoms with Crippen molar-refractivity contribution in [1.82, 2.24) is 19.4 Å². The number of rotatable bonds is 4. The van der Waals surface area contributed by atoms with Crippen molar-refractivity contribution in [3.05, 3.63) is 52.1 Å². The molecule has 3 aromatic rings. The van der Waals surface area contributed by atoms with Crippen molar-refractivity contribution in [2.75, 3.05) is 18.0 Å². The van der Waals surface area contributed by atoms with E-state index in [2.05, 4.69) is 16.3 Å². The Kier molecular flexibility index (Phi) is 6.57. The number of amides is 1. The van der Waals surface area contributed by atoms with E-state index >= 15 is 0 Å². The lowest BCUT2D eigenvalue weighted by molar-refractivity contribution is 0.0827. The van der Waals surface area contributed by atoms with E-state index in [1.807, 2.05) is 39.8 Å². The summed E-state index contributed by atoms with van der Waals surface area (Å²) in [5.41, 5.74) is 3.21. The van der Waals surface area contributed by atoms with Crippen molar-refractivity contribution in [3.8, 4) is 11.8 Å². The molecule has 1 fully saturated rings. The van der Waals surface area contributed by atoms with Crippen LogP contribution in [0.3, 0.4) is 0 Å².